The molecule has 0 fully saturated rings. The van der Waals surface area contributed by atoms with Crippen LogP contribution in [0.4, 0.5) is 0 Å². The van der Waals surface area contributed by atoms with Crippen LogP contribution >= 0.6 is 0 Å². The van der Waals surface area contributed by atoms with E-state index in [0.717, 1.165) is 83.5 Å². The van der Waals surface area contributed by atoms with E-state index in [1.165, 1.54) is 205 Å². The Morgan fingerprint density at radius 3 is 0.873 bits per heavy atom. The summed E-state index contributed by atoms with van der Waals surface area (Å²) in [5.41, 5.74) is 0. The lowest BCUT2D eigenvalue weighted by molar-refractivity contribution is -0.167. The van der Waals surface area contributed by atoms with Crippen LogP contribution in [0.1, 0.15) is 329 Å². The second-order valence-electron chi connectivity index (χ2n) is 20.9. The number of rotatable bonds is 57. The predicted octanol–water partition coefficient (Wildman–Crippen LogP) is 21.0. The number of hydrogen-bond donors (Lipinski definition) is 0. The molecule has 0 aromatic rings. The van der Waals surface area contributed by atoms with Gasteiger partial charge in [0.1, 0.15) is 13.2 Å². The SMILES string of the molecule is CC/C=C\C/C=C\C/C=C\CCCCCCCCCCCC(=O)OCC(COC(=O)CCCCCCCCCCCCCCCCCC)OC(=O)CCCCCCC/C=C\CCCCCCCCCCC. The molecule has 6 nitrogen and oxygen atoms in total. The number of carbonyl (C=O) groups excluding carboxylic acids is 3. The maximum atomic E-state index is 12.9. The van der Waals surface area contributed by atoms with E-state index in [0.29, 0.717) is 19.3 Å². The molecule has 0 aromatic heterocycles. The van der Waals surface area contributed by atoms with E-state index < -0.39 is 6.10 Å². The summed E-state index contributed by atoms with van der Waals surface area (Å²) in [5.74, 6) is -0.868. The minimum Gasteiger partial charge on any atom is -0.462 e. The molecule has 0 aromatic carbocycles. The van der Waals surface area contributed by atoms with Gasteiger partial charge in [-0.15, -0.1) is 0 Å². The zero-order chi connectivity index (χ0) is 51.4. The lowest BCUT2D eigenvalue weighted by Gasteiger charge is -2.18. The molecule has 6 heteroatoms. The number of hydrogen-bond acceptors (Lipinski definition) is 6. The fraction of sp³-hybridized carbons (Fsp3) is 0.831. The van der Waals surface area contributed by atoms with Crippen molar-refractivity contribution in [1.82, 2.24) is 0 Å². The van der Waals surface area contributed by atoms with Gasteiger partial charge < -0.3 is 14.2 Å². The van der Waals surface area contributed by atoms with Crippen LogP contribution in [0.15, 0.2) is 48.6 Å². The summed E-state index contributed by atoms with van der Waals surface area (Å²) in [4.78, 5) is 38.3. The molecule has 0 bridgehead atoms. The number of allylic oxidation sites excluding steroid dienone is 8. The smallest absolute Gasteiger partial charge is 0.306 e. The van der Waals surface area contributed by atoms with Gasteiger partial charge in [0.2, 0.25) is 0 Å². The van der Waals surface area contributed by atoms with Crippen LogP contribution in [-0.4, -0.2) is 37.2 Å². The van der Waals surface area contributed by atoms with Crippen molar-refractivity contribution >= 4 is 17.9 Å². The molecule has 71 heavy (non-hydrogen) atoms. The summed E-state index contributed by atoms with van der Waals surface area (Å²) < 4.78 is 16.9. The van der Waals surface area contributed by atoms with Crippen LogP contribution in [0.3, 0.4) is 0 Å². The molecule has 0 aliphatic carbocycles. The van der Waals surface area contributed by atoms with Crippen molar-refractivity contribution in [1.29, 1.82) is 0 Å². The molecule has 0 heterocycles. The van der Waals surface area contributed by atoms with Gasteiger partial charge in [0.05, 0.1) is 0 Å². The lowest BCUT2D eigenvalue weighted by Crippen LogP contribution is -2.30. The van der Waals surface area contributed by atoms with Gasteiger partial charge >= 0.3 is 17.9 Å². The maximum absolute atomic E-state index is 12.9. The molecule has 0 spiro atoms. The molecule has 0 saturated carbocycles. The molecule has 0 radical (unpaired) electrons. The van der Waals surface area contributed by atoms with Crippen molar-refractivity contribution in [3.05, 3.63) is 48.6 Å². The van der Waals surface area contributed by atoms with Crippen LogP contribution in [0, 0.1) is 0 Å². The first-order valence-electron chi connectivity index (χ1n) is 31.1. The Hall–Kier alpha value is -2.63. The fourth-order valence-corrected chi connectivity index (χ4v) is 9.16. The zero-order valence-electron chi connectivity index (χ0n) is 47.5. The molecule has 0 aliphatic rings. The van der Waals surface area contributed by atoms with Crippen molar-refractivity contribution in [3.8, 4) is 0 Å². The highest BCUT2D eigenvalue weighted by atomic mass is 16.6. The molecule has 0 saturated heterocycles. The lowest BCUT2D eigenvalue weighted by atomic mass is 10.0. The standard InChI is InChI=1S/C65H118O6/c1-4-7-10-13-16-19-22-25-28-31-33-35-37-40-43-46-49-52-55-58-64(67)70-61-62(60-69-63(66)57-54-51-48-45-42-39-36-30-27-24-21-18-15-12-9-6-3)71-65(68)59-56-53-50-47-44-41-38-34-32-29-26-23-20-17-14-11-8-5-2/h7,10,16,19,25,28,34,38,62H,4-6,8-9,11-15,17-18,20-24,26-27,29-33,35-37,39-61H2,1-3H3/b10-7-,19-16-,28-25-,38-34-. The van der Waals surface area contributed by atoms with Crippen LogP contribution in [0.25, 0.3) is 0 Å². The highest BCUT2D eigenvalue weighted by molar-refractivity contribution is 5.71. The molecular formula is C65H118O6. The summed E-state index contributed by atoms with van der Waals surface area (Å²) >= 11 is 0. The molecule has 0 N–H and O–H groups in total. The summed E-state index contributed by atoms with van der Waals surface area (Å²) in [6.07, 6.45) is 73.9. The largest absolute Gasteiger partial charge is 0.462 e. The normalized spacial score (nSPS) is 12.3. The summed E-state index contributed by atoms with van der Waals surface area (Å²) in [5, 5.41) is 0. The van der Waals surface area contributed by atoms with Gasteiger partial charge in [0.25, 0.3) is 0 Å². The van der Waals surface area contributed by atoms with Crippen molar-refractivity contribution in [3.63, 3.8) is 0 Å². The van der Waals surface area contributed by atoms with E-state index in [1.54, 1.807) is 0 Å². The van der Waals surface area contributed by atoms with E-state index in [4.69, 9.17) is 14.2 Å². The Kier molecular flexibility index (Phi) is 57.7. The third-order valence-electron chi connectivity index (χ3n) is 13.8. The number of carbonyl (C=O) groups is 3. The maximum Gasteiger partial charge on any atom is 0.306 e. The fourth-order valence-electron chi connectivity index (χ4n) is 9.16. The Morgan fingerprint density at radius 1 is 0.296 bits per heavy atom. The zero-order valence-corrected chi connectivity index (χ0v) is 47.5. The van der Waals surface area contributed by atoms with E-state index >= 15 is 0 Å². The third-order valence-corrected chi connectivity index (χ3v) is 13.8. The average molecular weight is 996 g/mol. The topological polar surface area (TPSA) is 78.9 Å². The van der Waals surface area contributed by atoms with Gasteiger partial charge in [-0.05, 0) is 77.0 Å². The first-order chi connectivity index (χ1) is 35.0. The van der Waals surface area contributed by atoms with Crippen molar-refractivity contribution in [2.75, 3.05) is 13.2 Å². The Balaban J connectivity index is 4.36. The quantitative estimate of drug-likeness (QED) is 0.0261. The average Bonchev–Trinajstić information content (AvgIpc) is 3.37. The monoisotopic (exact) mass is 995 g/mol. The van der Waals surface area contributed by atoms with Gasteiger partial charge in [-0.2, -0.15) is 0 Å². The Labute approximate surface area is 441 Å². The van der Waals surface area contributed by atoms with E-state index in [9.17, 15) is 14.4 Å². The Morgan fingerprint density at radius 2 is 0.549 bits per heavy atom. The first kappa shape index (κ1) is 68.4. The molecule has 0 amide bonds. The minimum absolute atomic E-state index is 0.0743. The molecule has 1 atom stereocenters. The molecule has 414 valence electrons. The highest BCUT2D eigenvalue weighted by Crippen LogP contribution is 2.17. The third kappa shape index (κ3) is 58.1. The predicted molar refractivity (Wildman–Crippen MR) is 307 cm³/mol. The van der Waals surface area contributed by atoms with Crippen LogP contribution in [0.5, 0.6) is 0 Å². The molecule has 1 unspecified atom stereocenters. The van der Waals surface area contributed by atoms with Gasteiger partial charge in [-0.25, -0.2) is 0 Å². The number of esters is 3. The van der Waals surface area contributed by atoms with Crippen molar-refractivity contribution in [2.45, 2.75) is 335 Å². The minimum atomic E-state index is -0.778. The molecule has 0 rings (SSSR count). The summed E-state index contributed by atoms with van der Waals surface area (Å²) in [6, 6.07) is 0. The van der Waals surface area contributed by atoms with E-state index in [2.05, 4.69) is 69.4 Å². The van der Waals surface area contributed by atoms with Crippen LogP contribution < -0.4 is 0 Å². The number of ether oxygens (including phenoxy) is 3. The number of unbranched alkanes of at least 4 members (excludes halogenated alkanes) is 38. The van der Waals surface area contributed by atoms with Crippen molar-refractivity contribution < 1.29 is 28.6 Å². The van der Waals surface area contributed by atoms with Crippen LogP contribution in [0.2, 0.25) is 0 Å². The Bertz CT molecular complexity index is 1230. The first-order valence-corrected chi connectivity index (χ1v) is 31.1. The van der Waals surface area contributed by atoms with Gasteiger partial charge in [-0.3, -0.25) is 14.4 Å². The van der Waals surface area contributed by atoms with E-state index in [1.807, 2.05) is 0 Å². The van der Waals surface area contributed by atoms with Gasteiger partial charge in [0, 0.05) is 19.3 Å². The second kappa shape index (κ2) is 59.9. The van der Waals surface area contributed by atoms with Gasteiger partial charge in [0.15, 0.2) is 6.10 Å². The molecular weight excluding hydrogens is 877 g/mol. The van der Waals surface area contributed by atoms with Crippen molar-refractivity contribution in [2.24, 2.45) is 0 Å². The van der Waals surface area contributed by atoms with Gasteiger partial charge in [-0.1, -0.05) is 281 Å². The molecule has 0 aliphatic heterocycles. The van der Waals surface area contributed by atoms with E-state index in [-0.39, 0.29) is 31.1 Å². The highest BCUT2D eigenvalue weighted by Gasteiger charge is 2.19. The van der Waals surface area contributed by atoms with Crippen LogP contribution in [-0.2, 0) is 28.6 Å². The summed E-state index contributed by atoms with van der Waals surface area (Å²) in [7, 11) is 0. The summed E-state index contributed by atoms with van der Waals surface area (Å²) in [6.45, 7) is 6.57. The second-order valence-corrected chi connectivity index (χ2v) is 20.9.